The zero-order valence-electron chi connectivity index (χ0n) is 11.7. The maximum Gasteiger partial charge on any atom is 0.246 e. The van der Waals surface area contributed by atoms with Crippen LogP contribution in [0.2, 0.25) is 0 Å². The van der Waals surface area contributed by atoms with Gasteiger partial charge in [0.2, 0.25) is 11.8 Å². The molecule has 1 unspecified atom stereocenters. The molecule has 1 aliphatic heterocycles. The summed E-state index contributed by atoms with van der Waals surface area (Å²) in [5, 5.41) is 5.83. The Hall–Kier alpha value is -2.08. The second-order valence-electron chi connectivity index (χ2n) is 4.77. The Morgan fingerprint density at radius 1 is 1.50 bits per heavy atom. The second-order valence-corrected chi connectivity index (χ2v) is 4.77. The van der Waals surface area contributed by atoms with Crippen LogP contribution in [-0.4, -0.2) is 44.7 Å². The third kappa shape index (κ3) is 3.27. The number of anilines is 2. The summed E-state index contributed by atoms with van der Waals surface area (Å²) in [6.45, 7) is 2.52. The number of rotatable bonds is 5. The molecule has 2 rings (SSSR count). The number of fused-ring (bicyclic) bond motifs is 1. The summed E-state index contributed by atoms with van der Waals surface area (Å²) in [4.78, 5) is 25.4. The first-order valence-electron chi connectivity index (χ1n) is 6.53. The quantitative estimate of drug-likeness (QED) is 0.826. The molecule has 0 fully saturated rings. The lowest BCUT2D eigenvalue weighted by molar-refractivity contribution is -0.123. The maximum atomic E-state index is 12.0. The van der Waals surface area contributed by atoms with E-state index in [0.29, 0.717) is 6.61 Å². The number of nitrogens with zero attached hydrogens (tertiary/aromatic N) is 1. The molecule has 2 N–H and O–H groups in total. The highest BCUT2D eigenvalue weighted by atomic mass is 16.5. The highest BCUT2D eigenvalue weighted by Crippen LogP contribution is 2.28. The van der Waals surface area contributed by atoms with Crippen molar-refractivity contribution in [2.24, 2.45) is 0 Å². The van der Waals surface area contributed by atoms with Gasteiger partial charge in [0.25, 0.3) is 0 Å². The predicted molar refractivity (Wildman–Crippen MR) is 76.8 cm³/mol. The Morgan fingerprint density at radius 3 is 3.00 bits per heavy atom. The van der Waals surface area contributed by atoms with Crippen LogP contribution in [0.1, 0.15) is 6.92 Å². The van der Waals surface area contributed by atoms with Crippen molar-refractivity contribution in [3.63, 3.8) is 0 Å². The summed E-state index contributed by atoms with van der Waals surface area (Å²) in [5.41, 5.74) is 1.60. The molecule has 1 aromatic carbocycles. The predicted octanol–water partition coefficient (Wildman–Crippen LogP) is 0.596. The lowest BCUT2D eigenvalue weighted by Gasteiger charge is -2.30. The van der Waals surface area contributed by atoms with Crippen LogP contribution in [0.15, 0.2) is 24.3 Å². The molecule has 0 spiro atoms. The van der Waals surface area contributed by atoms with Crippen LogP contribution in [0.25, 0.3) is 0 Å². The highest BCUT2D eigenvalue weighted by molar-refractivity contribution is 6.05. The minimum Gasteiger partial charge on any atom is -0.383 e. The maximum absolute atomic E-state index is 12.0. The standard InChI is InChI=1S/C14H19N3O3/c1-10(9-20-2)16-13(18)8-17-12-6-4-3-5-11(12)15-7-14(17)19/h3-6,10,15H,7-9H2,1-2H3,(H,16,18). The fourth-order valence-electron chi connectivity index (χ4n) is 2.19. The van der Waals surface area contributed by atoms with Gasteiger partial charge in [-0.15, -0.1) is 0 Å². The van der Waals surface area contributed by atoms with Crippen molar-refractivity contribution in [3.05, 3.63) is 24.3 Å². The van der Waals surface area contributed by atoms with Crippen LogP contribution < -0.4 is 15.5 Å². The number of hydrogen-bond donors (Lipinski definition) is 2. The van der Waals surface area contributed by atoms with Crippen molar-refractivity contribution in [1.29, 1.82) is 0 Å². The SMILES string of the molecule is COCC(C)NC(=O)CN1C(=O)CNc2ccccc21. The minimum atomic E-state index is -0.195. The van der Waals surface area contributed by atoms with E-state index in [2.05, 4.69) is 10.6 Å². The zero-order chi connectivity index (χ0) is 14.5. The van der Waals surface area contributed by atoms with Gasteiger partial charge in [-0.1, -0.05) is 12.1 Å². The summed E-state index contributed by atoms with van der Waals surface area (Å²) >= 11 is 0. The van der Waals surface area contributed by atoms with Gasteiger partial charge in [0.05, 0.1) is 24.5 Å². The summed E-state index contributed by atoms with van der Waals surface area (Å²) in [5.74, 6) is -0.308. The summed E-state index contributed by atoms with van der Waals surface area (Å²) in [6, 6.07) is 7.37. The molecule has 0 saturated carbocycles. The van der Waals surface area contributed by atoms with E-state index in [1.165, 1.54) is 4.90 Å². The van der Waals surface area contributed by atoms with E-state index in [1.807, 2.05) is 31.2 Å². The van der Waals surface area contributed by atoms with Gasteiger partial charge in [-0.3, -0.25) is 14.5 Å². The van der Waals surface area contributed by atoms with Crippen LogP contribution in [-0.2, 0) is 14.3 Å². The molecule has 0 saturated heterocycles. The normalized spacial score (nSPS) is 15.3. The number of para-hydroxylation sites is 2. The fourth-order valence-corrected chi connectivity index (χ4v) is 2.19. The van der Waals surface area contributed by atoms with Crippen molar-refractivity contribution < 1.29 is 14.3 Å². The van der Waals surface area contributed by atoms with E-state index in [4.69, 9.17) is 4.74 Å². The van der Waals surface area contributed by atoms with E-state index in [-0.39, 0.29) is 30.9 Å². The van der Waals surface area contributed by atoms with Gasteiger partial charge >= 0.3 is 0 Å². The van der Waals surface area contributed by atoms with Crippen molar-refractivity contribution in [2.75, 3.05) is 37.0 Å². The van der Waals surface area contributed by atoms with Crippen LogP contribution in [0, 0.1) is 0 Å². The van der Waals surface area contributed by atoms with Gasteiger partial charge in [0.15, 0.2) is 0 Å². The van der Waals surface area contributed by atoms with Gasteiger partial charge in [0.1, 0.15) is 6.54 Å². The number of hydrogen-bond acceptors (Lipinski definition) is 4. The molecule has 0 bridgehead atoms. The van der Waals surface area contributed by atoms with Gasteiger partial charge in [-0.25, -0.2) is 0 Å². The molecule has 6 heteroatoms. The third-order valence-electron chi connectivity index (χ3n) is 3.05. The average Bonchev–Trinajstić information content (AvgIpc) is 2.42. The molecule has 1 heterocycles. The molecule has 1 aromatic rings. The van der Waals surface area contributed by atoms with Crippen LogP contribution in [0.4, 0.5) is 11.4 Å². The number of amides is 2. The van der Waals surface area contributed by atoms with Crippen molar-refractivity contribution >= 4 is 23.2 Å². The second kappa shape index (κ2) is 6.38. The number of nitrogens with one attached hydrogen (secondary N) is 2. The van der Waals surface area contributed by atoms with Crippen molar-refractivity contribution in [1.82, 2.24) is 5.32 Å². The van der Waals surface area contributed by atoms with Crippen LogP contribution >= 0.6 is 0 Å². The highest BCUT2D eigenvalue weighted by Gasteiger charge is 2.25. The van der Waals surface area contributed by atoms with E-state index in [0.717, 1.165) is 11.4 Å². The Bertz CT molecular complexity index is 504. The van der Waals surface area contributed by atoms with E-state index in [1.54, 1.807) is 7.11 Å². The molecular formula is C14H19N3O3. The summed E-state index contributed by atoms with van der Waals surface area (Å²) < 4.78 is 4.97. The Balaban J connectivity index is 2.05. The molecular weight excluding hydrogens is 258 g/mol. The van der Waals surface area contributed by atoms with Gasteiger partial charge in [-0.05, 0) is 19.1 Å². The van der Waals surface area contributed by atoms with E-state index in [9.17, 15) is 9.59 Å². The molecule has 0 aromatic heterocycles. The number of carbonyl (C=O) groups is 2. The molecule has 6 nitrogen and oxygen atoms in total. The monoisotopic (exact) mass is 277 g/mol. The largest absolute Gasteiger partial charge is 0.383 e. The number of carbonyl (C=O) groups excluding carboxylic acids is 2. The topological polar surface area (TPSA) is 70.7 Å². The Labute approximate surface area is 118 Å². The smallest absolute Gasteiger partial charge is 0.246 e. The molecule has 0 aliphatic carbocycles. The molecule has 1 atom stereocenters. The zero-order valence-corrected chi connectivity index (χ0v) is 11.7. The number of methoxy groups -OCH3 is 1. The van der Waals surface area contributed by atoms with E-state index < -0.39 is 0 Å². The third-order valence-corrected chi connectivity index (χ3v) is 3.05. The van der Waals surface area contributed by atoms with Crippen LogP contribution in [0.3, 0.4) is 0 Å². The van der Waals surface area contributed by atoms with Gasteiger partial charge in [-0.2, -0.15) is 0 Å². The lowest BCUT2D eigenvalue weighted by atomic mass is 10.2. The van der Waals surface area contributed by atoms with Gasteiger partial charge < -0.3 is 15.4 Å². The molecule has 1 aliphatic rings. The minimum absolute atomic E-state index is 0.0194. The fraction of sp³-hybridized carbons (Fsp3) is 0.429. The summed E-state index contributed by atoms with van der Waals surface area (Å²) in [6.07, 6.45) is 0. The number of ether oxygens (including phenoxy) is 1. The van der Waals surface area contributed by atoms with Crippen LogP contribution in [0.5, 0.6) is 0 Å². The Morgan fingerprint density at radius 2 is 2.25 bits per heavy atom. The van der Waals surface area contributed by atoms with E-state index >= 15 is 0 Å². The summed E-state index contributed by atoms with van der Waals surface area (Å²) in [7, 11) is 1.58. The number of benzene rings is 1. The first-order chi connectivity index (χ1) is 9.61. The molecule has 0 radical (unpaired) electrons. The first kappa shape index (κ1) is 14.3. The van der Waals surface area contributed by atoms with Crippen molar-refractivity contribution in [2.45, 2.75) is 13.0 Å². The average molecular weight is 277 g/mol. The molecule has 2 amide bonds. The Kier molecular flexibility index (Phi) is 4.57. The first-order valence-corrected chi connectivity index (χ1v) is 6.53. The lowest BCUT2D eigenvalue weighted by Crippen LogP contribution is -2.48. The molecule has 108 valence electrons. The van der Waals surface area contributed by atoms with Gasteiger partial charge in [0, 0.05) is 13.2 Å². The molecule has 20 heavy (non-hydrogen) atoms. The van der Waals surface area contributed by atoms with Crippen molar-refractivity contribution in [3.8, 4) is 0 Å².